The van der Waals surface area contributed by atoms with E-state index in [1.807, 2.05) is 24.3 Å². The summed E-state index contributed by atoms with van der Waals surface area (Å²) < 4.78 is 5.41. The van der Waals surface area contributed by atoms with Crippen molar-refractivity contribution in [2.24, 2.45) is 5.84 Å². The number of rotatable bonds is 5. The van der Waals surface area contributed by atoms with Gasteiger partial charge in [-0.25, -0.2) is 5.84 Å². The van der Waals surface area contributed by atoms with Crippen LogP contribution in [0.15, 0.2) is 24.3 Å². The standard InChI is InChI=1S/C12H18N2O2/c1-3-4-10-5-7-11(8-6-10)16-9(2)12(15)14-13/h5-9H,3-4,13H2,1-2H3,(H,14,15). The Labute approximate surface area is 95.8 Å². The average molecular weight is 222 g/mol. The van der Waals surface area contributed by atoms with Crippen LogP contribution in [0.2, 0.25) is 0 Å². The highest BCUT2D eigenvalue weighted by Gasteiger charge is 2.12. The Kier molecular flexibility index (Phi) is 4.79. The molecule has 1 amide bonds. The lowest BCUT2D eigenvalue weighted by Crippen LogP contribution is -2.40. The minimum absolute atomic E-state index is 0.336. The number of nitrogens with one attached hydrogen (secondary N) is 1. The molecule has 3 N–H and O–H groups in total. The summed E-state index contributed by atoms with van der Waals surface area (Å²) in [5, 5.41) is 0. The zero-order valence-electron chi connectivity index (χ0n) is 9.69. The van der Waals surface area contributed by atoms with Crippen molar-refractivity contribution < 1.29 is 9.53 Å². The third kappa shape index (κ3) is 3.55. The molecule has 1 unspecified atom stereocenters. The molecule has 4 heteroatoms. The summed E-state index contributed by atoms with van der Waals surface area (Å²) in [6.45, 7) is 3.79. The summed E-state index contributed by atoms with van der Waals surface area (Å²) in [6.07, 6.45) is 1.59. The SMILES string of the molecule is CCCc1ccc(OC(C)C(=O)NN)cc1. The Hall–Kier alpha value is -1.55. The van der Waals surface area contributed by atoms with Crippen molar-refractivity contribution in [1.29, 1.82) is 0 Å². The van der Waals surface area contributed by atoms with Gasteiger partial charge >= 0.3 is 0 Å². The smallest absolute Gasteiger partial charge is 0.274 e. The number of benzene rings is 1. The molecule has 16 heavy (non-hydrogen) atoms. The first-order chi connectivity index (χ1) is 7.67. The van der Waals surface area contributed by atoms with Gasteiger partial charge in [-0.05, 0) is 31.0 Å². The fourth-order valence-electron chi connectivity index (χ4n) is 1.40. The van der Waals surface area contributed by atoms with Crippen molar-refractivity contribution in [3.63, 3.8) is 0 Å². The van der Waals surface area contributed by atoms with Crippen molar-refractivity contribution in [3.05, 3.63) is 29.8 Å². The highest BCUT2D eigenvalue weighted by Crippen LogP contribution is 2.14. The maximum atomic E-state index is 11.1. The van der Waals surface area contributed by atoms with Gasteiger partial charge in [0.05, 0.1) is 0 Å². The first-order valence-corrected chi connectivity index (χ1v) is 5.43. The lowest BCUT2D eigenvalue weighted by atomic mass is 10.1. The van der Waals surface area contributed by atoms with E-state index in [1.165, 1.54) is 5.56 Å². The summed E-state index contributed by atoms with van der Waals surface area (Å²) in [6, 6.07) is 7.74. The third-order valence-corrected chi connectivity index (χ3v) is 2.29. The van der Waals surface area contributed by atoms with Crippen LogP contribution in [0.4, 0.5) is 0 Å². The molecule has 0 radical (unpaired) electrons. The van der Waals surface area contributed by atoms with Gasteiger partial charge in [-0.1, -0.05) is 25.5 Å². The van der Waals surface area contributed by atoms with Crippen molar-refractivity contribution in [2.45, 2.75) is 32.8 Å². The van der Waals surface area contributed by atoms with Gasteiger partial charge in [-0.2, -0.15) is 0 Å². The number of aryl methyl sites for hydroxylation is 1. The second-order valence-electron chi connectivity index (χ2n) is 3.66. The van der Waals surface area contributed by atoms with Gasteiger partial charge < -0.3 is 4.74 Å². The van der Waals surface area contributed by atoms with Crippen molar-refractivity contribution >= 4 is 5.91 Å². The van der Waals surface area contributed by atoms with Crippen LogP contribution in [0, 0.1) is 0 Å². The van der Waals surface area contributed by atoms with E-state index in [0.717, 1.165) is 12.8 Å². The van der Waals surface area contributed by atoms with E-state index in [9.17, 15) is 4.79 Å². The van der Waals surface area contributed by atoms with Crippen LogP contribution in [-0.4, -0.2) is 12.0 Å². The van der Waals surface area contributed by atoms with Gasteiger partial charge in [0.2, 0.25) is 0 Å². The Balaban J connectivity index is 2.58. The quantitative estimate of drug-likeness (QED) is 0.449. The number of hydrogen-bond acceptors (Lipinski definition) is 3. The lowest BCUT2D eigenvalue weighted by molar-refractivity contribution is -0.127. The second-order valence-corrected chi connectivity index (χ2v) is 3.66. The van der Waals surface area contributed by atoms with E-state index in [4.69, 9.17) is 10.6 Å². The number of nitrogens with two attached hydrogens (primary N) is 1. The molecular formula is C12H18N2O2. The molecule has 1 aromatic carbocycles. The van der Waals surface area contributed by atoms with Crippen LogP contribution in [0.25, 0.3) is 0 Å². The number of hydrazine groups is 1. The van der Waals surface area contributed by atoms with Crippen LogP contribution in [0.3, 0.4) is 0 Å². The number of carbonyl (C=O) groups is 1. The van der Waals surface area contributed by atoms with Crippen LogP contribution in [0.5, 0.6) is 5.75 Å². The zero-order chi connectivity index (χ0) is 12.0. The summed E-state index contributed by atoms with van der Waals surface area (Å²) in [7, 11) is 0. The molecule has 0 saturated heterocycles. The number of amides is 1. The predicted octanol–water partition coefficient (Wildman–Crippen LogP) is 1.40. The topological polar surface area (TPSA) is 64.3 Å². The van der Waals surface area contributed by atoms with Crippen LogP contribution < -0.4 is 16.0 Å². The maximum absolute atomic E-state index is 11.1. The molecule has 1 atom stereocenters. The normalized spacial score (nSPS) is 11.9. The third-order valence-electron chi connectivity index (χ3n) is 2.29. The second kappa shape index (κ2) is 6.12. The van der Waals surface area contributed by atoms with Gasteiger partial charge in [0.25, 0.3) is 5.91 Å². The first-order valence-electron chi connectivity index (χ1n) is 5.43. The van der Waals surface area contributed by atoms with Crippen molar-refractivity contribution in [2.75, 3.05) is 0 Å². The van der Waals surface area contributed by atoms with Gasteiger partial charge in [0.1, 0.15) is 5.75 Å². The lowest BCUT2D eigenvalue weighted by Gasteiger charge is -2.13. The summed E-state index contributed by atoms with van der Waals surface area (Å²) in [4.78, 5) is 11.1. The van der Waals surface area contributed by atoms with E-state index < -0.39 is 6.10 Å². The molecule has 1 aromatic rings. The minimum Gasteiger partial charge on any atom is -0.481 e. The van der Waals surface area contributed by atoms with Crippen LogP contribution in [-0.2, 0) is 11.2 Å². The van der Waals surface area contributed by atoms with Gasteiger partial charge in [0.15, 0.2) is 6.10 Å². The monoisotopic (exact) mass is 222 g/mol. The minimum atomic E-state index is -0.581. The van der Waals surface area contributed by atoms with E-state index in [-0.39, 0.29) is 5.91 Å². The van der Waals surface area contributed by atoms with Gasteiger partial charge in [-0.15, -0.1) is 0 Å². The Morgan fingerprint density at radius 3 is 2.56 bits per heavy atom. The molecule has 0 aliphatic heterocycles. The van der Waals surface area contributed by atoms with Crippen molar-refractivity contribution in [1.82, 2.24) is 5.43 Å². The van der Waals surface area contributed by atoms with Gasteiger partial charge in [0, 0.05) is 0 Å². The van der Waals surface area contributed by atoms with E-state index in [1.54, 1.807) is 6.92 Å². The molecule has 0 aliphatic rings. The molecule has 0 heterocycles. The summed E-state index contributed by atoms with van der Waals surface area (Å²) >= 11 is 0. The van der Waals surface area contributed by atoms with E-state index >= 15 is 0 Å². The predicted molar refractivity (Wildman–Crippen MR) is 62.9 cm³/mol. The summed E-state index contributed by atoms with van der Waals surface area (Å²) in [5.41, 5.74) is 3.32. The highest BCUT2D eigenvalue weighted by molar-refractivity contribution is 5.80. The Morgan fingerprint density at radius 2 is 2.06 bits per heavy atom. The molecule has 0 aliphatic carbocycles. The van der Waals surface area contributed by atoms with E-state index in [2.05, 4.69) is 12.3 Å². The molecule has 88 valence electrons. The molecular weight excluding hydrogens is 204 g/mol. The fourth-order valence-corrected chi connectivity index (χ4v) is 1.40. The van der Waals surface area contributed by atoms with E-state index in [0.29, 0.717) is 5.75 Å². The average Bonchev–Trinajstić information content (AvgIpc) is 2.31. The first kappa shape index (κ1) is 12.5. The maximum Gasteiger partial charge on any atom is 0.274 e. The highest BCUT2D eigenvalue weighted by atomic mass is 16.5. The molecule has 0 bridgehead atoms. The number of hydrogen-bond donors (Lipinski definition) is 2. The zero-order valence-corrected chi connectivity index (χ0v) is 9.69. The number of carbonyl (C=O) groups excluding carboxylic acids is 1. The van der Waals surface area contributed by atoms with Crippen LogP contribution >= 0.6 is 0 Å². The molecule has 0 aromatic heterocycles. The van der Waals surface area contributed by atoms with Crippen LogP contribution in [0.1, 0.15) is 25.8 Å². The molecule has 1 rings (SSSR count). The summed E-state index contributed by atoms with van der Waals surface area (Å²) in [5.74, 6) is 5.35. The molecule has 4 nitrogen and oxygen atoms in total. The fraction of sp³-hybridized carbons (Fsp3) is 0.417. The molecule has 0 fully saturated rings. The number of ether oxygens (including phenoxy) is 1. The van der Waals surface area contributed by atoms with Crippen molar-refractivity contribution in [3.8, 4) is 5.75 Å². The molecule has 0 saturated carbocycles. The largest absolute Gasteiger partial charge is 0.481 e. The van der Waals surface area contributed by atoms with Gasteiger partial charge in [-0.3, -0.25) is 10.2 Å². The molecule has 0 spiro atoms. The Morgan fingerprint density at radius 1 is 1.44 bits per heavy atom. The Bertz CT molecular complexity index is 335.